The molecule has 164 valence electrons. The molecular formula is C25H18ClN3O4. The van der Waals surface area contributed by atoms with Crippen molar-refractivity contribution in [3.8, 4) is 11.8 Å². The molecule has 0 aliphatic heterocycles. The smallest absolute Gasteiger partial charge is 0.342 e. The van der Waals surface area contributed by atoms with Crippen LogP contribution in [-0.4, -0.2) is 27.7 Å². The highest BCUT2D eigenvalue weighted by atomic mass is 35.5. The number of imidazole rings is 1. The van der Waals surface area contributed by atoms with Crippen LogP contribution in [0.1, 0.15) is 21.7 Å². The first-order valence-corrected chi connectivity index (χ1v) is 10.3. The molecule has 2 N–H and O–H groups in total. The van der Waals surface area contributed by atoms with Crippen molar-refractivity contribution in [2.75, 3.05) is 6.61 Å². The highest BCUT2D eigenvalue weighted by Gasteiger charge is 2.18. The lowest BCUT2D eigenvalue weighted by Gasteiger charge is -2.11. The molecule has 0 spiro atoms. The van der Waals surface area contributed by atoms with Crippen molar-refractivity contribution in [2.24, 2.45) is 0 Å². The van der Waals surface area contributed by atoms with Crippen LogP contribution in [0.4, 0.5) is 0 Å². The van der Waals surface area contributed by atoms with Crippen molar-refractivity contribution in [3.63, 3.8) is 0 Å². The molecule has 0 bridgehead atoms. The summed E-state index contributed by atoms with van der Waals surface area (Å²) < 4.78 is 11.0. The zero-order chi connectivity index (χ0) is 23.2. The molecule has 0 saturated heterocycles. The summed E-state index contributed by atoms with van der Waals surface area (Å²) in [6.45, 7) is -0.262. The van der Waals surface area contributed by atoms with Gasteiger partial charge in [-0.15, -0.1) is 0 Å². The molecule has 4 rings (SSSR count). The molecule has 1 heterocycles. The van der Waals surface area contributed by atoms with E-state index in [1.54, 1.807) is 48.5 Å². The molecule has 0 aliphatic rings. The second kappa shape index (κ2) is 9.90. The summed E-state index contributed by atoms with van der Waals surface area (Å²) >= 11 is 5.90. The minimum absolute atomic E-state index is 0.105. The normalized spacial score (nSPS) is 11.5. The van der Waals surface area contributed by atoms with Gasteiger partial charge in [-0.3, -0.25) is 0 Å². The third-order valence-corrected chi connectivity index (χ3v) is 5.03. The van der Waals surface area contributed by atoms with Gasteiger partial charge in [0.1, 0.15) is 36.2 Å². The van der Waals surface area contributed by atoms with Gasteiger partial charge in [0.2, 0.25) is 0 Å². The number of hydrogen-bond donors (Lipinski definition) is 2. The number of halogens is 1. The number of H-pyrrole nitrogens is 1. The molecular weight excluding hydrogens is 442 g/mol. The lowest BCUT2D eigenvalue weighted by atomic mass is 10.2. The molecule has 4 aromatic rings. The average molecular weight is 460 g/mol. The van der Waals surface area contributed by atoms with E-state index in [0.717, 1.165) is 11.1 Å². The third kappa shape index (κ3) is 5.14. The fourth-order valence-corrected chi connectivity index (χ4v) is 3.24. The summed E-state index contributed by atoms with van der Waals surface area (Å²) in [6.07, 6.45) is 0. The van der Waals surface area contributed by atoms with Gasteiger partial charge in [0.05, 0.1) is 11.0 Å². The Bertz CT molecular complexity index is 1340. The molecule has 0 aliphatic carbocycles. The van der Waals surface area contributed by atoms with Gasteiger partial charge in [0, 0.05) is 5.02 Å². The van der Waals surface area contributed by atoms with Crippen LogP contribution < -0.4 is 4.74 Å². The number of hydrogen-bond acceptors (Lipinski definition) is 6. The van der Waals surface area contributed by atoms with Gasteiger partial charge < -0.3 is 19.6 Å². The molecule has 33 heavy (non-hydrogen) atoms. The highest BCUT2D eigenvalue weighted by Crippen LogP contribution is 2.22. The Morgan fingerprint density at radius 2 is 1.79 bits per heavy atom. The molecule has 0 atom stereocenters. The largest absolute Gasteiger partial charge is 0.507 e. The predicted octanol–water partition coefficient (Wildman–Crippen LogP) is 5.44. The highest BCUT2D eigenvalue weighted by molar-refractivity contribution is 6.30. The number of aromatic nitrogens is 2. The number of fused-ring (bicyclic) bond motifs is 1. The summed E-state index contributed by atoms with van der Waals surface area (Å²) in [5.41, 5.74) is 2.34. The van der Waals surface area contributed by atoms with E-state index in [1.165, 1.54) is 0 Å². The first kappa shape index (κ1) is 21.9. The zero-order valence-electron chi connectivity index (χ0n) is 17.3. The average Bonchev–Trinajstić information content (AvgIpc) is 3.26. The van der Waals surface area contributed by atoms with E-state index < -0.39 is 18.3 Å². The standard InChI is InChI=1S/C25H18ClN3O4/c26-17-11-9-16(10-12-17)14-32-23-8-4-1-5-18(23)25(31)33-15-22(30)19(13-27)24-28-20-6-2-3-7-21(20)29-24/h1-12,30H,14-15H2,(H,28,29). The summed E-state index contributed by atoms with van der Waals surface area (Å²) in [6, 6.07) is 22.9. The van der Waals surface area contributed by atoms with E-state index in [-0.39, 0.29) is 23.6 Å². The summed E-state index contributed by atoms with van der Waals surface area (Å²) in [5, 5.41) is 20.5. The Labute approximate surface area is 194 Å². The van der Waals surface area contributed by atoms with E-state index in [2.05, 4.69) is 9.97 Å². The number of benzene rings is 3. The van der Waals surface area contributed by atoms with Crippen molar-refractivity contribution < 1.29 is 19.4 Å². The number of nitrogens with one attached hydrogen (secondary N) is 1. The van der Waals surface area contributed by atoms with Crippen molar-refractivity contribution in [2.45, 2.75) is 6.61 Å². The maximum atomic E-state index is 12.7. The van der Waals surface area contributed by atoms with E-state index in [1.807, 2.05) is 30.3 Å². The number of aromatic amines is 1. The van der Waals surface area contributed by atoms with Crippen LogP contribution in [-0.2, 0) is 11.3 Å². The fourth-order valence-electron chi connectivity index (χ4n) is 3.11. The van der Waals surface area contributed by atoms with E-state index in [4.69, 9.17) is 21.1 Å². The fraction of sp³-hybridized carbons (Fsp3) is 0.0800. The summed E-state index contributed by atoms with van der Waals surface area (Å²) in [4.78, 5) is 19.9. The zero-order valence-corrected chi connectivity index (χ0v) is 18.0. The molecule has 1 aromatic heterocycles. The molecule has 0 amide bonds. The van der Waals surface area contributed by atoms with Crippen LogP contribution in [0.15, 0.2) is 78.6 Å². The molecule has 0 saturated carbocycles. The summed E-state index contributed by atoms with van der Waals surface area (Å²) in [7, 11) is 0. The number of nitriles is 1. The number of aliphatic hydroxyl groups excluding tert-OH is 1. The maximum absolute atomic E-state index is 12.7. The topological polar surface area (TPSA) is 108 Å². The lowest BCUT2D eigenvalue weighted by Crippen LogP contribution is -2.11. The molecule has 3 aromatic carbocycles. The number of nitrogens with zero attached hydrogens (tertiary/aromatic N) is 2. The van der Waals surface area contributed by atoms with Crippen LogP contribution >= 0.6 is 11.6 Å². The van der Waals surface area contributed by atoms with E-state index in [9.17, 15) is 15.2 Å². The minimum Gasteiger partial charge on any atom is -0.507 e. The van der Waals surface area contributed by atoms with Gasteiger partial charge in [0.15, 0.2) is 11.6 Å². The Kier molecular flexibility index (Phi) is 6.58. The van der Waals surface area contributed by atoms with Crippen LogP contribution in [0.3, 0.4) is 0 Å². The van der Waals surface area contributed by atoms with Crippen molar-refractivity contribution in [3.05, 3.63) is 101 Å². The van der Waals surface area contributed by atoms with Crippen LogP contribution in [0.5, 0.6) is 5.75 Å². The number of allylic oxidation sites excluding steroid dienone is 1. The third-order valence-electron chi connectivity index (χ3n) is 4.78. The van der Waals surface area contributed by atoms with Crippen molar-refractivity contribution >= 4 is 34.2 Å². The SMILES string of the molecule is N#CC(=C(O)COC(=O)c1ccccc1OCc1ccc(Cl)cc1)c1nc2ccccc2[nH]1. The number of ether oxygens (including phenoxy) is 2. The van der Waals surface area contributed by atoms with Crippen LogP contribution in [0, 0.1) is 11.3 Å². The van der Waals surface area contributed by atoms with Gasteiger partial charge in [-0.2, -0.15) is 5.26 Å². The number of aliphatic hydroxyl groups is 1. The molecule has 0 fully saturated rings. The predicted molar refractivity (Wildman–Crippen MR) is 124 cm³/mol. The second-order valence-electron chi connectivity index (χ2n) is 7.02. The number of esters is 1. The Morgan fingerprint density at radius 1 is 1.06 bits per heavy atom. The monoisotopic (exact) mass is 459 g/mol. The minimum atomic E-state index is -0.699. The molecule has 8 heteroatoms. The maximum Gasteiger partial charge on any atom is 0.342 e. The summed E-state index contributed by atoms with van der Waals surface area (Å²) in [5.74, 6) is -0.586. The lowest BCUT2D eigenvalue weighted by molar-refractivity contribution is 0.0497. The van der Waals surface area contributed by atoms with Crippen LogP contribution in [0.2, 0.25) is 5.02 Å². The first-order chi connectivity index (χ1) is 16.0. The Morgan fingerprint density at radius 3 is 2.55 bits per heavy atom. The first-order valence-electron chi connectivity index (χ1n) is 9.96. The molecule has 7 nitrogen and oxygen atoms in total. The number of carbonyl (C=O) groups excluding carboxylic acids is 1. The van der Waals surface area contributed by atoms with Crippen molar-refractivity contribution in [1.29, 1.82) is 5.26 Å². The Balaban J connectivity index is 1.46. The number of rotatable bonds is 7. The van der Waals surface area contributed by atoms with Gasteiger partial charge >= 0.3 is 5.97 Å². The van der Waals surface area contributed by atoms with Gasteiger partial charge in [-0.1, -0.05) is 48.0 Å². The molecule has 0 unspecified atom stereocenters. The van der Waals surface area contributed by atoms with Crippen LogP contribution in [0.25, 0.3) is 16.6 Å². The van der Waals surface area contributed by atoms with Gasteiger partial charge in [-0.05, 0) is 42.0 Å². The number of carbonyl (C=O) groups is 1. The number of para-hydroxylation sites is 3. The Hall–Kier alpha value is -4.28. The van der Waals surface area contributed by atoms with Gasteiger partial charge in [-0.25, -0.2) is 9.78 Å². The van der Waals surface area contributed by atoms with E-state index in [0.29, 0.717) is 16.3 Å². The van der Waals surface area contributed by atoms with E-state index >= 15 is 0 Å². The van der Waals surface area contributed by atoms with Gasteiger partial charge in [0.25, 0.3) is 0 Å². The second-order valence-corrected chi connectivity index (χ2v) is 7.46. The van der Waals surface area contributed by atoms with Crippen molar-refractivity contribution in [1.82, 2.24) is 9.97 Å². The quantitative estimate of drug-likeness (QED) is 0.216. The molecule has 0 radical (unpaired) electrons.